The molecule has 3 nitrogen and oxygen atoms in total. The van der Waals surface area contributed by atoms with Crippen molar-refractivity contribution in [1.29, 1.82) is 0 Å². The Hall–Kier alpha value is -0.910. The standard InChI is InChI=1S/C13H9Br2ClN2O/c1-7-10(15)3-5-12(17-7)18-13(19)9-6-8(14)2-4-11(9)16/h2-6H,1H3,(H,17,18,19). The largest absolute Gasteiger partial charge is 0.307 e. The van der Waals surface area contributed by atoms with Crippen LogP contribution in [0.4, 0.5) is 5.82 Å². The zero-order valence-corrected chi connectivity index (χ0v) is 13.8. The number of rotatable bonds is 2. The lowest BCUT2D eigenvalue weighted by Crippen LogP contribution is -2.13. The molecule has 1 amide bonds. The molecule has 0 fully saturated rings. The maximum absolute atomic E-state index is 12.1. The number of anilines is 1. The Bertz CT molecular complexity index is 647. The van der Waals surface area contributed by atoms with Gasteiger partial charge in [0.15, 0.2) is 0 Å². The van der Waals surface area contributed by atoms with Gasteiger partial charge in [-0.15, -0.1) is 0 Å². The summed E-state index contributed by atoms with van der Waals surface area (Å²) in [6, 6.07) is 8.67. The number of amides is 1. The van der Waals surface area contributed by atoms with E-state index < -0.39 is 0 Å². The lowest BCUT2D eigenvalue weighted by atomic mass is 10.2. The van der Waals surface area contributed by atoms with Crippen molar-refractivity contribution in [3.05, 3.63) is 55.6 Å². The van der Waals surface area contributed by atoms with Crippen LogP contribution in [-0.2, 0) is 0 Å². The predicted molar refractivity (Wildman–Crippen MR) is 83.8 cm³/mol. The number of carbonyl (C=O) groups is 1. The number of nitrogens with one attached hydrogen (secondary N) is 1. The third kappa shape index (κ3) is 3.55. The molecule has 1 heterocycles. The predicted octanol–water partition coefficient (Wildman–Crippen LogP) is 4.82. The summed E-state index contributed by atoms with van der Waals surface area (Å²) >= 11 is 12.7. The Morgan fingerprint density at radius 2 is 2.00 bits per heavy atom. The highest BCUT2D eigenvalue weighted by atomic mass is 79.9. The fraction of sp³-hybridized carbons (Fsp3) is 0.0769. The minimum absolute atomic E-state index is 0.291. The maximum Gasteiger partial charge on any atom is 0.258 e. The Morgan fingerprint density at radius 3 is 2.68 bits per heavy atom. The molecule has 0 aliphatic carbocycles. The first kappa shape index (κ1) is 14.5. The highest BCUT2D eigenvalue weighted by Gasteiger charge is 2.12. The van der Waals surface area contributed by atoms with Crippen LogP contribution in [0.3, 0.4) is 0 Å². The number of halogens is 3. The third-order valence-electron chi connectivity index (χ3n) is 2.44. The molecule has 0 aliphatic rings. The monoisotopic (exact) mass is 402 g/mol. The number of pyridine rings is 1. The van der Waals surface area contributed by atoms with Gasteiger partial charge in [-0.05, 0) is 53.2 Å². The van der Waals surface area contributed by atoms with E-state index in [0.29, 0.717) is 16.4 Å². The second-order valence-corrected chi connectivity index (χ2v) is 6.02. The molecule has 19 heavy (non-hydrogen) atoms. The Kier molecular flexibility index (Phi) is 4.60. The van der Waals surface area contributed by atoms with E-state index in [2.05, 4.69) is 42.2 Å². The molecule has 1 aromatic carbocycles. The highest BCUT2D eigenvalue weighted by Crippen LogP contribution is 2.22. The molecule has 0 saturated carbocycles. The highest BCUT2D eigenvalue weighted by molar-refractivity contribution is 9.10. The smallest absolute Gasteiger partial charge is 0.258 e. The van der Waals surface area contributed by atoms with Gasteiger partial charge in [0, 0.05) is 8.95 Å². The van der Waals surface area contributed by atoms with Gasteiger partial charge in [-0.2, -0.15) is 0 Å². The van der Waals surface area contributed by atoms with Crippen molar-refractivity contribution in [2.45, 2.75) is 6.92 Å². The van der Waals surface area contributed by atoms with E-state index >= 15 is 0 Å². The van der Waals surface area contributed by atoms with Crippen LogP contribution in [0.25, 0.3) is 0 Å². The van der Waals surface area contributed by atoms with E-state index in [1.165, 1.54) is 0 Å². The van der Waals surface area contributed by atoms with Crippen LogP contribution in [0.15, 0.2) is 39.3 Å². The van der Waals surface area contributed by atoms with E-state index in [-0.39, 0.29) is 5.91 Å². The minimum atomic E-state index is -0.291. The van der Waals surface area contributed by atoms with Crippen molar-refractivity contribution in [2.75, 3.05) is 5.32 Å². The summed E-state index contributed by atoms with van der Waals surface area (Å²) in [6.45, 7) is 1.85. The molecular weight excluding hydrogens is 395 g/mol. The number of hydrogen-bond donors (Lipinski definition) is 1. The molecule has 0 spiro atoms. The SMILES string of the molecule is Cc1nc(NC(=O)c2cc(Br)ccc2Cl)ccc1Br. The zero-order valence-electron chi connectivity index (χ0n) is 9.88. The molecule has 1 aromatic heterocycles. The van der Waals surface area contributed by atoms with E-state index in [0.717, 1.165) is 14.6 Å². The topological polar surface area (TPSA) is 42.0 Å². The van der Waals surface area contributed by atoms with Crippen molar-refractivity contribution in [3.8, 4) is 0 Å². The van der Waals surface area contributed by atoms with Gasteiger partial charge in [-0.1, -0.05) is 27.5 Å². The van der Waals surface area contributed by atoms with Crippen molar-refractivity contribution >= 4 is 55.2 Å². The third-order valence-corrected chi connectivity index (χ3v) is 4.10. The molecule has 0 unspecified atom stereocenters. The van der Waals surface area contributed by atoms with Gasteiger partial charge in [-0.25, -0.2) is 4.98 Å². The van der Waals surface area contributed by atoms with Crippen LogP contribution >= 0.6 is 43.5 Å². The van der Waals surface area contributed by atoms with Crippen molar-refractivity contribution in [1.82, 2.24) is 4.98 Å². The number of nitrogens with zero attached hydrogens (tertiary/aromatic N) is 1. The van der Waals surface area contributed by atoms with Crippen LogP contribution < -0.4 is 5.32 Å². The van der Waals surface area contributed by atoms with E-state index in [1.807, 2.05) is 13.0 Å². The van der Waals surface area contributed by atoms with Crippen molar-refractivity contribution < 1.29 is 4.79 Å². The molecule has 0 radical (unpaired) electrons. The minimum Gasteiger partial charge on any atom is -0.307 e. The van der Waals surface area contributed by atoms with Crippen molar-refractivity contribution in [2.24, 2.45) is 0 Å². The number of aromatic nitrogens is 1. The molecule has 2 rings (SSSR count). The second-order valence-electron chi connectivity index (χ2n) is 3.84. The lowest BCUT2D eigenvalue weighted by Gasteiger charge is -2.07. The average molecular weight is 404 g/mol. The summed E-state index contributed by atoms with van der Waals surface area (Å²) in [7, 11) is 0. The Morgan fingerprint density at radius 1 is 1.26 bits per heavy atom. The van der Waals surface area contributed by atoms with E-state index in [4.69, 9.17) is 11.6 Å². The van der Waals surface area contributed by atoms with Gasteiger partial charge in [0.25, 0.3) is 5.91 Å². The second kappa shape index (κ2) is 6.03. The van der Waals surface area contributed by atoms with E-state index in [9.17, 15) is 4.79 Å². The Balaban J connectivity index is 2.25. The molecular formula is C13H9Br2ClN2O. The molecule has 0 aliphatic heterocycles. The normalized spacial score (nSPS) is 10.3. The molecule has 1 N–H and O–H groups in total. The summed E-state index contributed by atoms with van der Waals surface area (Å²) in [4.78, 5) is 16.4. The molecule has 98 valence electrons. The molecule has 2 aromatic rings. The van der Waals surface area contributed by atoms with Crippen molar-refractivity contribution in [3.63, 3.8) is 0 Å². The zero-order chi connectivity index (χ0) is 14.0. The van der Waals surface area contributed by atoms with Gasteiger partial charge in [0.05, 0.1) is 16.3 Å². The van der Waals surface area contributed by atoms with Crippen LogP contribution in [0.1, 0.15) is 16.1 Å². The fourth-order valence-electron chi connectivity index (χ4n) is 1.47. The van der Waals surface area contributed by atoms with Gasteiger partial charge < -0.3 is 5.32 Å². The summed E-state index contributed by atoms with van der Waals surface area (Å²) in [6.07, 6.45) is 0. The molecule has 0 saturated heterocycles. The molecule has 0 bridgehead atoms. The summed E-state index contributed by atoms with van der Waals surface area (Å²) < 4.78 is 1.69. The lowest BCUT2D eigenvalue weighted by molar-refractivity contribution is 0.102. The quantitative estimate of drug-likeness (QED) is 0.780. The van der Waals surface area contributed by atoms with Gasteiger partial charge >= 0.3 is 0 Å². The maximum atomic E-state index is 12.1. The summed E-state index contributed by atoms with van der Waals surface area (Å²) in [5, 5.41) is 3.12. The van der Waals surface area contributed by atoms with Crippen LogP contribution in [0.2, 0.25) is 5.02 Å². The first-order chi connectivity index (χ1) is 8.97. The fourth-order valence-corrected chi connectivity index (χ4v) is 2.25. The molecule has 6 heteroatoms. The van der Waals surface area contributed by atoms with Crippen LogP contribution in [0.5, 0.6) is 0 Å². The summed E-state index contributed by atoms with van der Waals surface area (Å²) in [5.74, 6) is 0.197. The summed E-state index contributed by atoms with van der Waals surface area (Å²) in [5.41, 5.74) is 1.21. The van der Waals surface area contributed by atoms with Gasteiger partial charge in [0.1, 0.15) is 5.82 Å². The van der Waals surface area contributed by atoms with Gasteiger partial charge in [0.2, 0.25) is 0 Å². The number of aryl methyl sites for hydroxylation is 1. The number of benzene rings is 1. The van der Waals surface area contributed by atoms with E-state index in [1.54, 1.807) is 24.3 Å². The first-order valence-corrected chi connectivity index (χ1v) is 7.33. The number of hydrogen-bond acceptors (Lipinski definition) is 2. The average Bonchev–Trinajstić information content (AvgIpc) is 2.36. The number of carbonyl (C=O) groups excluding carboxylic acids is 1. The first-order valence-electron chi connectivity index (χ1n) is 5.37. The van der Waals surface area contributed by atoms with Crippen LogP contribution in [0, 0.1) is 6.92 Å². The van der Waals surface area contributed by atoms with Crippen LogP contribution in [-0.4, -0.2) is 10.9 Å². The van der Waals surface area contributed by atoms with Gasteiger partial charge in [-0.3, -0.25) is 4.79 Å². The Labute approximate surface area is 132 Å². The molecule has 0 atom stereocenters.